The first-order chi connectivity index (χ1) is 16.2. The minimum atomic E-state index is -4.65. The van der Waals surface area contributed by atoms with Crippen LogP contribution < -0.4 is 10.6 Å². The van der Waals surface area contributed by atoms with Crippen LogP contribution in [0, 0.1) is 11.8 Å². The number of sulfone groups is 1. The third-order valence-corrected chi connectivity index (χ3v) is 8.84. The molecule has 0 spiro atoms. The molecule has 1 saturated heterocycles. The number of halogens is 3. The van der Waals surface area contributed by atoms with Gasteiger partial charge in [0.25, 0.3) is 0 Å². The highest BCUT2D eigenvalue weighted by Crippen LogP contribution is 2.35. The Morgan fingerprint density at radius 1 is 1.00 bits per heavy atom. The summed E-state index contributed by atoms with van der Waals surface area (Å²) in [5.41, 5.74) is -0.700. The Bertz CT molecular complexity index is 1130. The normalized spacial score (nSPS) is 22.0. The molecule has 2 fully saturated rings. The van der Waals surface area contributed by atoms with Crippen LogP contribution in [0.2, 0.25) is 0 Å². The van der Waals surface area contributed by atoms with Gasteiger partial charge in [-0.2, -0.15) is 13.2 Å². The molecule has 0 radical (unpaired) electrons. The molecule has 0 bridgehead atoms. The van der Waals surface area contributed by atoms with Gasteiger partial charge >= 0.3 is 6.18 Å². The van der Waals surface area contributed by atoms with E-state index in [2.05, 4.69) is 10.6 Å². The maximum absolute atomic E-state index is 13.2. The first kappa shape index (κ1) is 24.7. The number of amides is 1. The Kier molecular flexibility index (Phi) is 7.33. The van der Waals surface area contributed by atoms with Crippen LogP contribution in [-0.4, -0.2) is 26.9 Å². The van der Waals surface area contributed by atoms with Gasteiger partial charge in [0.05, 0.1) is 21.4 Å². The van der Waals surface area contributed by atoms with E-state index in [9.17, 15) is 26.4 Å². The molecule has 2 unspecified atom stereocenters. The summed E-state index contributed by atoms with van der Waals surface area (Å²) in [5.74, 6) is 0.937. The standard InChI is InChI=1S/C25H29F3N2O3S/c26-25(27,28)20-10-6-11-21(14-20)34(32,33)23-12-5-4-9-18(23)15-30-24(31)22-13-19(16-29-22)17-7-2-1-3-8-17/h4-6,9-12,14,17,19,22,29H,1-3,7-8,13,15-16H2,(H,30,31). The van der Waals surface area contributed by atoms with Crippen molar-refractivity contribution in [2.24, 2.45) is 11.8 Å². The average Bonchev–Trinajstić information content (AvgIpc) is 3.33. The summed E-state index contributed by atoms with van der Waals surface area (Å²) < 4.78 is 65.6. The first-order valence-electron chi connectivity index (χ1n) is 11.7. The molecule has 1 heterocycles. The number of nitrogens with one attached hydrogen (secondary N) is 2. The van der Waals surface area contributed by atoms with Crippen LogP contribution in [0.15, 0.2) is 58.3 Å². The molecule has 2 aromatic rings. The minimum Gasteiger partial charge on any atom is -0.351 e. The Morgan fingerprint density at radius 2 is 1.74 bits per heavy atom. The summed E-state index contributed by atoms with van der Waals surface area (Å²) in [7, 11) is -4.21. The number of carbonyl (C=O) groups excluding carboxylic acids is 1. The molecule has 34 heavy (non-hydrogen) atoms. The zero-order valence-corrected chi connectivity index (χ0v) is 19.6. The third kappa shape index (κ3) is 5.46. The van der Waals surface area contributed by atoms with Crippen LogP contribution in [0.1, 0.15) is 49.7 Å². The van der Waals surface area contributed by atoms with E-state index in [1.807, 2.05) is 0 Å². The van der Waals surface area contributed by atoms with Gasteiger partial charge in [0.15, 0.2) is 0 Å². The molecule has 4 rings (SSSR count). The predicted molar refractivity (Wildman–Crippen MR) is 122 cm³/mol. The predicted octanol–water partition coefficient (Wildman–Crippen LogP) is 4.71. The van der Waals surface area contributed by atoms with Crippen molar-refractivity contribution in [3.05, 3.63) is 59.7 Å². The third-order valence-electron chi connectivity index (χ3n) is 6.98. The molecular formula is C25H29F3N2O3S. The number of hydrogen-bond acceptors (Lipinski definition) is 4. The van der Waals surface area contributed by atoms with Crippen LogP contribution in [0.25, 0.3) is 0 Å². The van der Waals surface area contributed by atoms with E-state index in [1.54, 1.807) is 12.1 Å². The average molecular weight is 495 g/mol. The Morgan fingerprint density at radius 3 is 2.47 bits per heavy atom. The van der Waals surface area contributed by atoms with Gasteiger partial charge < -0.3 is 10.6 Å². The van der Waals surface area contributed by atoms with E-state index >= 15 is 0 Å². The molecule has 2 atom stereocenters. The molecule has 9 heteroatoms. The van der Waals surface area contributed by atoms with Crippen molar-refractivity contribution >= 4 is 15.7 Å². The van der Waals surface area contributed by atoms with Crippen LogP contribution in [0.4, 0.5) is 13.2 Å². The second-order valence-electron chi connectivity index (χ2n) is 9.21. The van der Waals surface area contributed by atoms with Crippen LogP contribution >= 0.6 is 0 Å². The Hall–Kier alpha value is -2.39. The van der Waals surface area contributed by atoms with E-state index in [0.717, 1.165) is 31.2 Å². The van der Waals surface area contributed by atoms with E-state index < -0.39 is 26.5 Å². The SMILES string of the molecule is O=C(NCc1ccccc1S(=O)(=O)c1cccc(C(F)(F)F)c1)C1CC(C2CCCCC2)CN1. The summed E-state index contributed by atoms with van der Waals surface area (Å²) in [5, 5.41) is 6.11. The summed E-state index contributed by atoms with van der Waals surface area (Å²) >= 11 is 0. The molecule has 1 saturated carbocycles. The van der Waals surface area contributed by atoms with Crippen LogP contribution in [-0.2, 0) is 27.4 Å². The van der Waals surface area contributed by atoms with Gasteiger partial charge in [0.1, 0.15) is 0 Å². The van der Waals surface area contributed by atoms with E-state index in [0.29, 0.717) is 23.5 Å². The molecule has 2 N–H and O–H groups in total. The molecule has 184 valence electrons. The molecule has 1 amide bonds. The zero-order valence-electron chi connectivity index (χ0n) is 18.8. The molecule has 1 aliphatic heterocycles. The van der Waals surface area contributed by atoms with Crippen molar-refractivity contribution in [2.75, 3.05) is 6.54 Å². The monoisotopic (exact) mass is 494 g/mol. The quantitative estimate of drug-likeness (QED) is 0.610. The van der Waals surface area contributed by atoms with E-state index in [4.69, 9.17) is 0 Å². The number of alkyl halides is 3. The highest BCUT2D eigenvalue weighted by molar-refractivity contribution is 7.91. The molecular weight excluding hydrogens is 465 g/mol. The fourth-order valence-corrected chi connectivity index (χ4v) is 6.65. The van der Waals surface area contributed by atoms with Crippen molar-refractivity contribution in [1.29, 1.82) is 0 Å². The lowest BCUT2D eigenvalue weighted by atomic mass is 9.79. The van der Waals surface area contributed by atoms with Gasteiger partial charge in [0, 0.05) is 6.54 Å². The second kappa shape index (κ2) is 10.1. The van der Waals surface area contributed by atoms with Crippen molar-refractivity contribution in [1.82, 2.24) is 10.6 Å². The van der Waals surface area contributed by atoms with Gasteiger partial charge in [-0.1, -0.05) is 56.4 Å². The van der Waals surface area contributed by atoms with Crippen LogP contribution in [0.5, 0.6) is 0 Å². The molecule has 2 aromatic carbocycles. The van der Waals surface area contributed by atoms with Gasteiger partial charge in [0.2, 0.25) is 15.7 Å². The van der Waals surface area contributed by atoms with Gasteiger partial charge in [-0.3, -0.25) is 4.79 Å². The van der Waals surface area contributed by atoms with Crippen molar-refractivity contribution in [3.8, 4) is 0 Å². The summed E-state index contributed by atoms with van der Waals surface area (Å²) in [6.07, 6.45) is 2.31. The Balaban J connectivity index is 1.45. The zero-order chi connectivity index (χ0) is 24.3. The maximum Gasteiger partial charge on any atom is 0.416 e. The maximum atomic E-state index is 13.2. The second-order valence-corrected chi connectivity index (χ2v) is 11.1. The minimum absolute atomic E-state index is 0.0283. The number of carbonyl (C=O) groups is 1. The number of benzene rings is 2. The van der Waals surface area contributed by atoms with Crippen molar-refractivity contribution in [2.45, 2.75) is 67.1 Å². The summed E-state index contributed by atoms with van der Waals surface area (Å²) in [6, 6.07) is 9.44. The highest BCUT2D eigenvalue weighted by Gasteiger charge is 2.35. The van der Waals surface area contributed by atoms with Gasteiger partial charge in [-0.25, -0.2) is 8.42 Å². The van der Waals surface area contributed by atoms with Crippen LogP contribution in [0.3, 0.4) is 0 Å². The summed E-state index contributed by atoms with van der Waals surface area (Å²) in [4.78, 5) is 12.2. The largest absolute Gasteiger partial charge is 0.416 e. The lowest BCUT2D eigenvalue weighted by Gasteiger charge is -2.26. The summed E-state index contributed by atoms with van der Waals surface area (Å²) in [6.45, 7) is 0.780. The first-order valence-corrected chi connectivity index (χ1v) is 13.2. The fourth-order valence-electron chi connectivity index (χ4n) is 5.11. The van der Waals surface area contributed by atoms with E-state index in [1.165, 1.54) is 44.2 Å². The molecule has 1 aliphatic carbocycles. The molecule has 2 aliphatic rings. The molecule has 5 nitrogen and oxygen atoms in total. The topological polar surface area (TPSA) is 75.3 Å². The number of rotatable bonds is 6. The molecule has 0 aromatic heterocycles. The lowest BCUT2D eigenvalue weighted by Crippen LogP contribution is -2.40. The fraction of sp³-hybridized carbons (Fsp3) is 0.480. The van der Waals surface area contributed by atoms with Crippen molar-refractivity contribution in [3.63, 3.8) is 0 Å². The van der Waals surface area contributed by atoms with Crippen molar-refractivity contribution < 1.29 is 26.4 Å². The number of hydrogen-bond donors (Lipinski definition) is 2. The Labute approximate surface area is 198 Å². The van der Waals surface area contributed by atoms with E-state index in [-0.39, 0.29) is 23.4 Å². The van der Waals surface area contributed by atoms with Gasteiger partial charge in [-0.15, -0.1) is 0 Å². The van der Waals surface area contributed by atoms with Gasteiger partial charge in [-0.05, 0) is 54.6 Å². The smallest absolute Gasteiger partial charge is 0.351 e. The lowest BCUT2D eigenvalue weighted by molar-refractivity contribution is -0.137. The highest BCUT2D eigenvalue weighted by atomic mass is 32.2.